The van der Waals surface area contributed by atoms with Crippen LogP contribution in [0, 0.1) is 0 Å². The molecule has 26 heavy (non-hydrogen) atoms. The molecule has 0 saturated heterocycles. The topological polar surface area (TPSA) is 78.6 Å². The third-order valence-corrected chi connectivity index (χ3v) is 6.34. The maximum absolute atomic E-state index is 12.4. The number of esters is 2. The van der Waals surface area contributed by atoms with Crippen LogP contribution in [-0.4, -0.2) is 25.2 Å². The lowest BCUT2D eigenvalue weighted by molar-refractivity contribution is 0.0524. The van der Waals surface area contributed by atoms with Crippen LogP contribution in [0.15, 0.2) is 24.3 Å². The Hall–Kier alpha value is -2.09. The second-order valence-corrected chi connectivity index (χ2v) is 8.00. The number of rotatable bonds is 5. The molecule has 0 unspecified atom stereocenters. The van der Waals surface area contributed by atoms with Gasteiger partial charge in [-0.2, -0.15) is 0 Å². The monoisotopic (exact) mass is 409 g/mol. The number of anilines is 1. The normalized spacial score (nSPS) is 10.9. The lowest BCUT2D eigenvalue weighted by Gasteiger charge is -2.06. The largest absolute Gasteiger partial charge is 0.462 e. The molecular formula is C18H16ClNO4S2. The minimum Gasteiger partial charge on any atom is -0.462 e. The van der Waals surface area contributed by atoms with E-state index in [0.717, 1.165) is 9.58 Å². The van der Waals surface area contributed by atoms with E-state index in [1.54, 1.807) is 26.0 Å². The van der Waals surface area contributed by atoms with Crippen LogP contribution >= 0.6 is 34.3 Å². The molecule has 1 aromatic carbocycles. The van der Waals surface area contributed by atoms with Crippen molar-refractivity contribution in [3.63, 3.8) is 0 Å². The zero-order chi connectivity index (χ0) is 18.8. The second-order valence-electron chi connectivity index (χ2n) is 5.26. The highest BCUT2D eigenvalue weighted by atomic mass is 35.5. The van der Waals surface area contributed by atoms with Crippen molar-refractivity contribution in [2.45, 2.75) is 13.8 Å². The van der Waals surface area contributed by atoms with Crippen molar-refractivity contribution < 1.29 is 19.1 Å². The van der Waals surface area contributed by atoms with Gasteiger partial charge < -0.3 is 15.2 Å². The van der Waals surface area contributed by atoms with Gasteiger partial charge >= 0.3 is 11.9 Å². The van der Waals surface area contributed by atoms with Crippen LogP contribution in [0.1, 0.15) is 33.2 Å². The fourth-order valence-corrected chi connectivity index (χ4v) is 5.18. The maximum atomic E-state index is 12.4. The van der Waals surface area contributed by atoms with E-state index in [2.05, 4.69) is 0 Å². The second kappa shape index (κ2) is 7.65. The molecule has 0 aliphatic carbocycles. The highest BCUT2D eigenvalue weighted by Gasteiger charge is 2.27. The Balaban J connectivity index is 2.25. The van der Waals surface area contributed by atoms with Gasteiger partial charge in [0.05, 0.1) is 22.9 Å². The SMILES string of the molecule is CCOC(=O)c1sc2sc(C(=O)OCC)c(-c3ccc(Cl)cc3)c2c1N. The van der Waals surface area contributed by atoms with E-state index < -0.39 is 11.9 Å². The number of carbonyl (C=O) groups excluding carboxylic acids is 2. The number of carbonyl (C=O) groups is 2. The van der Waals surface area contributed by atoms with E-state index in [1.165, 1.54) is 22.7 Å². The number of fused-ring (bicyclic) bond motifs is 1. The van der Waals surface area contributed by atoms with Crippen LogP contribution in [0.4, 0.5) is 5.69 Å². The maximum Gasteiger partial charge on any atom is 0.350 e. The molecule has 136 valence electrons. The smallest absolute Gasteiger partial charge is 0.350 e. The first-order valence-corrected chi connectivity index (χ1v) is 9.93. The summed E-state index contributed by atoms with van der Waals surface area (Å²) in [6.45, 7) is 4.03. The van der Waals surface area contributed by atoms with Crippen molar-refractivity contribution in [3.05, 3.63) is 39.0 Å². The van der Waals surface area contributed by atoms with Crippen LogP contribution in [0.5, 0.6) is 0 Å². The summed E-state index contributed by atoms with van der Waals surface area (Å²) in [7, 11) is 0. The molecule has 2 heterocycles. The van der Waals surface area contributed by atoms with Gasteiger partial charge in [-0.25, -0.2) is 9.59 Å². The number of hydrogen-bond donors (Lipinski definition) is 1. The molecular weight excluding hydrogens is 394 g/mol. The van der Waals surface area contributed by atoms with Crippen LogP contribution < -0.4 is 5.73 Å². The van der Waals surface area contributed by atoms with Crippen molar-refractivity contribution in [3.8, 4) is 11.1 Å². The number of thiophene rings is 2. The molecule has 5 nitrogen and oxygen atoms in total. The Morgan fingerprint density at radius 1 is 1.00 bits per heavy atom. The van der Waals surface area contributed by atoms with E-state index in [1.807, 2.05) is 12.1 Å². The molecule has 0 atom stereocenters. The Morgan fingerprint density at radius 3 is 2.12 bits per heavy atom. The van der Waals surface area contributed by atoms with E-state index in [4.69, 9.17) is 26.8 Å². The highest BCUT2D eigenvalue weighted by Crippen LogP contribution is 2.48. The van der Waals surface area contributed by atoms with Crippen molar-refractivity contribution in [2.75, 3.05) is 18.9 Å². The summed E-state index contributed by atoms with van der Waals surface area (Å²) in [6, 6.07) is 7.11. The molecule has 3 aromatic rings. The number of benzene rings is 1. The Morgan fingerprint density at radius 2 is 1.54 bits per heavy atom. The number of hydrogen-bond acceptors (Lipinski definition) is 7. The van der Waals surface area contributed by atoms with E-state index >= 15 is 0 Å². The Kier molecular flexibility index (Phi) is 5.50. The zero-order valence-electron chi connectivity index (χ0n) is 14.1. The average molecular weight is 410 g/mol. The van der Waals surface area contributed by atoms with Gasteiger partial charge in [0, 0.05) is 16.0 Å². The van der Waals surface area contributed by atoms with E-state index in [-0.39, 0.29) is 13.2 Å². The standard InChI is InChI=1S/C18H16ClNO4S2/c1-3-23-16(21)14-11(9-5-7-10(19)8-6-9)12-13(20)15(17(22)24-4-2)26-18(12)25-14/h5-8H,3-4,20H2,1-2H3. The lowest BCUT2D eigenvalue weighted by atomic mass is 10.0. The summed E-state index contributed by atoms with van der Waals surface area (Å²) in [5.41, 5.74) is 8.02. The van der Waals surface area contributed by atoms with Crippen molar-refractivity contribution in [1.82, 2.24) is 0 Å². The van der Waals surface area contributed by atoms with Crippen molar-refractivity contribution in [1.29, 1.82) is 0 Å². The number of nitrogen functional groups attached to an aromatic ring is 1. The predicted octanol–water partition coefficient (Wildman–Crippen LogP) is 5.22. The first kappa shape index (κ1) is 18.7. The van der Waals surface area contributed by atoms with Gasteiger partial charge in [-0.15, -0.1) is 22.7 Å². The Labute approximate surface area is 163 Å². The summed E-state index contributed by atoms with van der Waals surface area (Å²) >= 11 is 8.47. The van der Waals surface area contributed by atoms with Crippen LogP contribution in [-0.2, 0) is 9.47 Å². The predicted molar refractivity (Wildman–Crippen MR) is 106 cm³/mol. The summed E-state index contributed by atoms with van der Waals surface area (Å²) in [5, 5.41) is 1.26. The fourth-order valence-electron chi connectivity index (χ4n) is 2.57. The molecule has 2 N–H and O–H groups in total. The molecule has 3 rings (SSSR count). The first-order chi connectivity index (χ1) is 12.5. The summed E-state index contributed by atoms with van der Waals surface area (Å²) in [6.07, 6.45) is 0. The molecule has 0 radical (unpaired) electrons. The van der Waals surface area contributed by atoms with E-state index in [9.17, 15) is 9.59 Å². The zero-order valence-corrected chi connectivity index (χ0v) is 16.5. The summed E-state index contributed by atoms with van der Waals surface area (Å²) in [5.74, 6) is -0.874. The van der Waals surface area contributed by atoms with Gasteiger partial charge in [0.25, 0.3) is 0 Å². The van der Waals surface area contributed by atoms with Gasteiger partial charge in [-0.3, -0.25) is 0 Å². The van der Waals surface area contributed by atoms with Crippen LogP contribution in [0.2, 0.25) is 5.02 Å². The quantitative estimate of drug-likeness (QED) is 0.584. The summed E-state index contributed by atoms with van der Waals surface area (Å²) < 4.78 is 11.0. The number of halogens is 1. The van der Waals surface area contributed by atoms with Gasteiger partial charge in [0.2, 0.25) is 0 Å². The van der Waals surface area contributed by atoms with Gasteiger partial charge in [-0.05, 0) is 31.5 Å². The number of nitrogens with two attached hydrogens (primary N) is 1. The van der Waals surface area contributed by atoms with Gasteiger partial charge in [-0.1, -0.05) is 23.7 Å². The van der Waals surface area contributed by atoms with Crippen LogP contribution in [0.25, 0.3) is 20.5 Å². The first-order valence-electron chi connectivity index (χ1n) is 7.92. The molecule has 0 saturated carbocycles. The minimum atomic E-state index is -0.460. The molecule has 0 aliphatic rings. The third-order valence-electron chi connectivity index (χ3n) is 3.64. The van der Waals surface area contributed by atoms with Gasteiger partial charge in [0.15, 0.2) is 0 Å². The van der Waals surface area contributed by atoms with Crippen molar-refractivity contribution in [2.24, 2.45) is 0 Å². The minimum absolute atomic E-state index is 0.266. The highest BCUT2D eigenvalue weighted by molar-refractivity contribution is 7.40. The van der Waals surface area contributed by atoms with Crippen molar-refractivity contribution >= 4 is 61.3 Å². The molecule has 8 heteroatoms. The molecule has 0 bridgehead atoms. The lowest BCUT2D eigenvalue weighted by Crippen LogP contribution is -2.06. The molecule has 0 fully saturated rings. The van der Waals surface area contributed by atoms with Crippen LogP contribution in [0.3, 0.4) is 0 Å². The van der Waals surface area contributed by atoms with Gasteiger partial charge in [0.1, 0.15) is 9.75 Å². The molecule has 0 amide bonds. The molecule has 2 aromatic heterocycles. The Bertz CT molecular complexity index is 975. The number of ether oxygens (including phenoxy) is 2. The molecule has 0 spiro atoms. The summed E-state index contributed by atoms with van der Waals surface area (Å²) in [4.78, 5) is 25.4. The third kappa shape index (κ3) is 3.30. The average Bonchev–Trinajstić information content (AvgIpc) is 3.13. The van der Waals surface area contributed by atoms with E-state index in [0.29, 0.717) is 31.4 Å². The fraction of sp³-hybridized carbons (Fsp3) is 0.222. The molecule has 0 aliphatic heterocycles.